The van der Waals surface area contributed by atoms with Gasteiger partial charge in [0, 0.05) is 0 Å². The zero-order valence-corrected chi connectivity index (χ0v) is 10.1. The number of benzene rings is 1. The first-order valence-corrected chi connectivity index (χ1v) is 5.66. The molecule has 1 rings (SSSR count). The average molecular weight is 278 g/mol. The highest BCUT2D eigenvalue weighted by atomic mass is 19.4. The third-order valence-corrected chi connectivity index (χ3v) is 2.30. The van der Waals surface area contributed by atoms with Gasteiger partial charge in [-0.2, -0.15) is 13.2 Å². The molecule has 0 aliphatic heterocycles. The Balaban J connectivity index is 2.17. The van der Waals surface area contributed by atoms with Gasteiger partial charge < -0.3 is 10.6 Å². The van der Waals surface area contributed by atoms with Gasteiger partial charge >= 0.3 is 6.18 Å². The first-order valence-electron chi connectivity index (χ1n) is 5.66. The molecule has 0 spiro atoms. The van der Waals surface area contributed by atoms with Crippen molar-refractivity contribution in [1.82, 2.24) is 10.6 Å². The molecule has 0 radical (unpaired) electrons. The van der Waals surface area contributed by atoms with Crippen molar-refractivity contribution >= 4 is 5.91 Å². The molecule has 1 aromatic rings. The molecule has 0 saturated heterocycles. The largest absolute Gasteiger partial charge is 0.405 e. The lowest BCUT2D eigenvalue weighted by Crippen LogP contribution is -2.39. The van der Waals surface area contributed by atoms with E-state index in [1.54, 1.807) is 23.5 Å². The second-order valence-electron chi connectivity index (χ2n) is 3.91. The molecule has 0 fully saturated rings. The molecule has 0 bridgehead atoms. The molecule has 19 heavy (non-hydrogen) atoms. The van der Waals surface area contributed by atoms with Crippen molar-refractivity contribution in [1.29, 1.82) is 0 Å². The van der Waals surface area contributed by atoms with Gasteiger partial charge in [0.25, 0.3) is 0 Å². The summed E-state index contributed by atoms with van der Waals surface area (Å²) in [5.74, 6) is -1.09. The molecular formula is C12H14F4N2O. The molecule has 3 nitrogen and oxygen atoms in total. The van der Waals surface area contributed by atoms with E-state index in [-0.39, 0.29) is 12.4 Å². The SMILES string of the molecule is O=C(CNCCc1ccccc1F)NCC(F)(F)F. The van der Waals surface area contributed by atoms with E-state index in [1.807, 2.05) is 0 Å². The average Bonchev–Trinajstić information content (AvgIpc) is 2.33. The highest BCUT2D eigenvalue weighted by Crippen LogP contribution is 2.11. The Morgan fingerprint density at radius 3 is 2.53 bits per heavy atom. The summed E-state index contributed by atoms with van der Waals surface area (Å²) in [7, 11) is 0. The van der Waals surface area contributed by atoms with E-state index in [1.165, 1.54) is 6.07 Å². The quantitative estimate of drug-likeness (QED) is 0.613. The lowest BCUT2D eigenvalue weighted by atomic mass is 10.1. The van der Waals surface area contributed by atoms with Crippen molar-refractivity contribution in [3.8, 4) is 0 Å². The molecule has 7 heteroatoms. The molecular weight excluding hydrogens is 264 g/mol. The number of carbonyl (C=O) groups is 1. The minimum absolute atomic E-state index is 0.232. The molecule has 1 amide bonds. The van der Waals surface area contributed by atoms with Gasteiger partial charge in [0.15, 0.2) is 0 Å². The van der Waals surface area contributed by atoms with Gasteiger partial charge in [-0.3, -0.25) is 4.79 Å². The number of rotatable bonds is 6. The maximum Gasteiger partial charge on any atom is 0.405 e. The molecule has 106 valence electrons. The predicted molar refractivity (Wildman–Crippen MR) is 62.0 cm³/mol. The lowest BCUT2D eigenvalue weighted by Gasteiger charge is -2.09. The van der Waals surface area contributed by atoms with E-state index in [2.05, 4.69) is 5.32 Å². The molecule has 0 unspecified atom stereocenters. The van der Waals surface area contributed by atoms with E-state index >= 15 is 0 Å². The fourth-order valence-corrected chi connectivity index (χ4v) is 1.39. The van der Waals surface area contributed by atoms with Gasteiger partial charge in [0.2, 0.25) is 5.91 Å². The Bertz CT molecular complexity index is 420. The smallest absolute Gasteiger partial charge is 0.346 e. The second kappa shape index (κ2) is 7.08. The fraction of sp³-hybridized carbons (Fsp3) is 0.417. The van der Waals surface area contributed by atoms with E-state index in [4.69, 9.17) is 0 Å². The van der Waals surface area contributed by atoms with E-state index < -0.39 is 18.6 Å². The van der Waals surface area contributed by atoms with Crippen LogP contribution in [0.2, 0.25) is 0 Å². The minimum atomic E-state index is -4.41. The summed E-state index contributed by atoms with van der Waals surface area (Å²) < 4.78 is 48.6. The Labute approximate surface area is 108 Å². The van der Waals surface area contributed by atoms with Crippen LogP contribution in [0, 0.1) is 5.82 Å². The minimum Gasteiger partial charge on any atom is -0.346 e. The van der Waals surface area contributed by atoms with Crippen molar-refractivity contribution in [3.05, 3.63) is 35.6 Å². The first-order chi connectivity index (χ1) is 8.88. The van der Waals surface area contributed by atoms with Crippen LogP contribution in [0.5, 0.6) is 0 Å². The fourth-order valence-electron chi connectivity index (χ4n) is 1.39. The van der Waals surface area contributed by atoms with Crippen LogP contribution in [0.3, 0.4) is 0 Å². The van der Waals surface area contributed by atoms with Gasteiger partial charge in [0.1, 0.15) is 12.4 Å². The third-order valence-electron chi connectivity index (χ3n) is 2.30. The topological polar surface area (TPSA) is 41.1 Å². The summed E-state index contributed by atoms with van der Waals surface area (Å²) in [5, 5.41) is 4.38. The Morgan fingerprint density at radius 1 is 1.21 bits per heavy atom. The monoisotopic (exact) mass is 278 g/mol. The Kier molecular flexibility index (Phi) is 5.75. The second-order valence-corrected chi connectivity index (χ2v) is 3.91. The third kappa shape index (κ3) is 6.76. The molecule has 0 aromatic heterocycles. The van der Waals surface area contributed by atoms with Gasteiger partial charge in [-0.15, -0.1) is 0 Å². The summed E-state index contributed by atoms with van der Waals surface area (Å²) in [5.41, 5.74) is 0.491. The van der Waals surface area contributed by atoms with Gasteiger partial charge in [-0.25, -0.2) is 4.39 Å². The zero-order valence-electron chi connectivity index (χ0n) is 10.1. The molecule has 0 heterocycles. The standard InChI is InChI=1S/C12H14F4N2O/c13-10-4-2-1-3-9(10)5-6-17-7-11(19)18-8-12(14,15)16/h1-4,17H,5-8H2,(H,18,19). The molecule has 0 aliphatic rings. The normalized spacial score (nSPS) is 11.4. The van der Waals surface area contributed by atoms with Gasteiger partial charge in [-0.1, -0.05) is 18.2 Å². The summed E-state index contributed by atoms with van der Waals surface area (Å²) in [6.07, 6.45) is -4.05. The highest BCUT2D eigenvalue weighted by molar-refractivity contribution is 5.77. The number of halogens is 4. The Hall–Kier alpha value is -1.63. The number of nitrogens with one attached hydrogen (secondary N) is 2. The molecule has 0 atom stereocenters. The summed E-state index contributed by atoms with van der Waals surface area (Å²) in [6.45, 7) is -1.27. The number of carbonyl (C=O) groups excluding carboxylic acids is 1. The lowest BCUT2D eigenvalue weighted by molar-refractivity contribution is -0.137. The van der Waals surface area contributed by atoms with Crippen LogP contribution in [0.25, 0.3) is 0 Å². The number of hydrogen-bond acceptors (Lipinski definition) is 2. The number of alkyl halides is 3. The van der Waals surface area contributed by atoms with Crippen LogP contribution in [0.1, 0.15) is 5.56 Å². The van der Waals surface area contributed by atoms with Crippen LogP contribution in [0.4, 0.5) is 17.6 Å². The van der Waals surface area contributed by atoms with Crippen molar-refractivity contribution < 1.29 is 22.4 Å². The van der Waals surface area contributed by atoms with Crippen LogP contribution in [-0.4, -0.2) is 31.7 Å². The van der Waals surface area contributed by atoms with E-state index in [9.17, 15) is 22.4 Å². The highest BCUT2D eigenvalue weighted by Gasteiger charge is 2.27. The molecule has 0 aliphatic carbocycles. The zero-order chi connectivity index (χ0) is 14.3. The van der Waals surface area contributed by atoms with Crippen LogP contribution >= 0.6 is 0 Å². The van der Waals surface area contributed by atoms with Crippen LogP contribution in [0.15, 0.2) is 24.3 Å². The number of hydrogen-bond donors (Lipinski definition) is 2. The van der Waals surface area contributed by atoms with Crippen LogP contribution < -0.4 is 10.6 Å². The van der Waals surface area contributed by atoms with E-state index in [0.29, 0.717) is 18.5 Å². The van der Waals surface area contributed by atoms with Crippen molar-refractivity contribution in [2.75, 3.05) is 19.6 Å². The first kappa shape index (κ1) is 15.4. The van der Waals surface area contributed by atoms with Crippen LogP contribution in [-0.2, 0) is 11.2 Å². The number of amides is 1. The summed E-state index contributed by atoms with van der Waals surface area (Å²) in [6, 6.07) is 6.19. The molecule has 2 N–H and O–H groups in total. The summed E-state index contributed by atoms with van der Waals surface area (Å²) >= 11 is 0. The van der Waals surface area contributed by atoms with Crippen molar-refractivity contribution in [2.24, 2.45) is 0 Å². The molecule has 1 aromatic carbocycles. The maximum absolute atomic E-state index is 13.2. The predicted octanol–water partition coefficient (Wildman–Crippen LogP) is 1.64. The van der Waals surface area contributed by atoms with Crippen molar-refractivity contribution in [2.45, 2.75) is 12.6 Å². The van der Waals surface area contributed by atoms with Gasteiger partial charge in [-0.05, 0) is 24.6 Å². The Morgan fingerprint density at radius 2 is 1.89 bits per heavy atom. The maximum atomic E-state index is 13.2. The van der Waals surface area contributed by atoms with Crippen molar-refractivity contribution in [3.63, 3.8) is 0 Å². The van der Waals surface area contributed by atoms with Gasteiger partial charge in [0.05, 0.1) is 6.54 Å². The van der Waals surface area contributed by atoms with E-state index in [0.717, 1.165) is 0 Å². The summed E-state index contributed by atoms with van der Waals surface area (Å²) in [4.78, 5) is 11.0. The molecule has 0 saturated carbocycles.